The number of hydrogen-bond donors (Lipinski definition) is 2. The van der Waals surface area contributed by atoms with Crippen LogP contribution in [0.15, 0.2) is 0 Å². The molecule has 0 aromatic rings. The second-order valence-electron chi connectivity index (χ2n) is 6.18. The van der Waals surface area contributed by atoms with Crippen molar-refractivity contribution < 1.29 is 0 Å². The summed E-state index contributed by atoms with van der Waals surface area (Å²) >= 11 is 4.29. The second kappa shape index (κ2) is 6.15. The van der Waals surface area contributed by atoms with Gasteiger partial charge in [0.2, 0.25) is 0 Å². The molecule has 0 heterocycles. The zero-order valence-corrected chi connectivity index (χ0v) is 12.2. The molecule has 1 N–H and O–H groups in total. The van der Waals surface area contributed by atoms with Crippen molar-refractivity contribution in [3.05, 3.63) is 0 Å². The van der Waals surface area contributed by atoms with Crippen molar-refractivity contribution in [1.29, 1.82) is 0 Å². The summed E-state index contributed by atoms with van der Waals surface area (Å²) in [6, 6.07) is 0. The van der Waals surface area contributed by atoms with Gasteiger partial charge in [-0.05, 0) is 50.3 Å². The molecule has 0 saturated heterocycles. The summed E-state index contributed by atoms with van der Waals surface area (Å²) in [5, 5.41) is 3.62. The van der Waals surface area contributed by atoms with Gasteiger partial charge in [0.05, 0.1) is 0 Å². The zero-order chi connectivity index (χ0) is 12.1. The lowest BCUT2D eigenvalue weighted by Crippen LogP contribution is -2.41. The van der Waals surface area contributed by atoms with Crippen LogP contribution in [0.5, 0.6) is 0 Å². The van der Waals surface area contributed by atoms with Crippen LogP contribution in [-0.4, -0.2) is 17.8 Å². The molecule has 0 aliphatic carbocycles. The highest BCUT2D eigenvalue weighted by atomic mass is 32.1. The van der Waals surface area contributed by atoms with Crippen molar-refractivity contribution in [2.45, 2.75) is 59.9 Å². The Balaban J connectivity index is 3.88. The molecule has 0 atom stereocenters. The van der Waals surface area contributed by atoms with E-state index in [1.807, 2.05) is 0 Å². The average molecular weight is 231 g/mol. The molecule has 0 bridgehead atoms. The van der Waals surface area contributed by atoms with Gasteiger partial charge in [-0.3, -0.25) is 0 Å². The predicted octanol–water partition coefficient (Wildman–Crippen LogP) is 3.75. The van der Waals surface area contributed by atoms with Crippen LogP contribution < -0.4 is 5.32 Å². The van der Waals surface area contributed by atoms with Gasteiger partial charge < -0.3 is 5.32 Å². The van der Waals surface area contributed by atoms with Crippen LogP contribution in [0.2, 0.25) is 0 Å². The fourth-order valence-corrected chi connectivity index (χ4v) is 1.94. The molecule has 1 nitrogen and oxygen atoms in total. The minimum atomic E-state index is 0.231. The van der Waals surface area contributed by atoms with E-state index in [2.05, 4.69) is 59.5 Å². The Hall–Kier alpha value is 0.310. The smallest absolute Gasteiger partial charge is 0.0132 e. The van der Waals surface area contributed by atoms with E-state index < -0.39 is 0 Å². The van der Waals surface area contributed by atoms with Crippen LogP contribution in [0.4, 0.5) is 0 Å². The third-order valence-corrected chi connectivity index (χ3v) is 3.90. The molecule has 0 saturated carbocycles. The zero-order valence-electron chi connectivity index (χ0n) is 11.4. The topological polar surface area (TPSA) is 12.0 Å². The third kappa shape index (κ3) is 6.47. The first-order chi connectivity index (χ1) is 6.71. The van der Waals surface area contributed by atoms with Crippen LogP contribution in [0.3, 0.4) is 0 Å². The van der Waals surface area contributed by atoms with Gasteiger partial charge in [0.25, 0.3) is 0 Å². The molecule has 0 unspecified atom stereocenters. The first-order valence-corrected chi connectivity index (χ1v) is 6.70. The van der Waals surface area contributed by atoms with E-state index in [0.29, 0.717) is 5.41 Å². The second-order valence-corrected chi connectivity index (χ2v) is 6.62. The first-order valence-electron chi connectivity index (χ1n) is 6.07. The largest absolute Gasteiger partial charge is 0.312 e. The minimum Gasteiger partial charge on any atom is -0.312 e. The number of thiol groups is 1. The molecule has 0 spiro atoms. The predicted molar refractivity (Wildman–Crippen MR) is 73.8 cm³/mol. The fourth-order valence-electron chi connectivity index (χ4n) is 1.38. The van der Waals surface area contributed by atoms with Crippen LogP contribution in [0, 0.1) is 11.3 Å². The van der Waals surface area contributed by atoms with E-state index in [1.165, 1.54) is 6.42 Å². The average Bonchev–Trinajstić information content (AvgIpc) is 2.02. The van der Waals surface area contributed by atoms with Gasteiger partial charge >= 0.3 is 0 Å². The Morgan fingerprint density at radius 3 is 2.00 bits per heavy atom. The molecule has 0 aromatic carbocycles. The van der Waals surface area contributed by atoms with Gasteiger partial charge in [0.15, 0.2) is 0 Å². The molecule has 0 aromatic heterocycles. The molecule has 0 rings (SSSR count). The van der Waals surface area contributed by atoms with Crippen molar-refractivity contribution in [2.24, 2.45) is 11.3 Å². The molecule has 15 heavy (non-hydrogen) atoms. The van der Waals surface area contributed by atoms with Crippen molar-refractivity contribution >= 4 is 12.6 Å². The summed E-state index contributed by atoms with van der Waals surface area (Å²) in [6.07, 6.45) is 2.36. The van der Waals surface area contributed by atoms with Gasteiger partial charge in [-0.2, -0.15) is 12.6 Å². The molecule has 0 aliphatic heterocycles. The maximum Gasteiger partial charge on any atom is 0.0132 e. The van der Waals surface area contributed by atoms with Crippen molar-refractivity contribution in [3.8, 4) is 0 Å². The fraction of sp³-hybridized carbons (Fsp3) is 1.00. The summed E-state index contributed by atoms with van der Waals surface area (Å²) in [4.78, 5) is 0. The highest BCUT2D eigenvalue weighted by Crippen LogP contribution is 2.29. The summed E-state index contributed by atoms with van der Waals surface area (Å²) < 4.78 is 0. The van der Waals surface area contributed by atoms with Crippen LogP contribution >= 0.6 is 12.6 Å². The Kier molecular flexibility index (Phi) is 6.27. The molecule has 2 heteroatoms. The third-order valence-electron chi connectivity index (χ3n) is 3.67. The molecule has 0 radical (unpaired) electrons. The van der Waals surface area contributed by atoms with E-state index in [4.69, 9.17) is 0 Å². The Morgan fingerprint density at radius 2 is 1.60 bits per heavy atom. The summed E-state index contributed by atoms with van der Waals surface area (Å²) in [5.74, 6) is 1.69. The van der Waals surface area contributed by atoms with E-state index in [9.17, 15) is 0 Å². The van der Waals surface area contributed by atoms with Crippen LogP contribution in [0.1, 0.15) is 54.4 Å². The van der Waals surface area contributed by atoms with Crippen molar-refractivity contribution in [1.82, 2.24) is 5.32 Å². The minimum absolute atomic E-state index is 0.231. The Labute approximate surface area is 102 Å². The standard InChI is InChI=1S/C13H29NS/c1-11(2)12(3,4)7-9-14-13(5,6)8-10-15/h11,14-15H,7-10H2,1-6H3. The van der Waals surface area contributed by atoms with Crippen molar-refractivity contribution in [3.63, 3.8) is 0 Å². The van der Waals surface area contributed by atoms with Crippen LogP contribution in [0.25, 0.3) is 0 Å². The molecule has 92 valence electrons. The summed E-state index contributed by atoms with van der Waals surface area (Å²) in [7, 11) is 0. The van der Waals surface area contributed by atoms with E-state index >= 15 is 0 Å². The van der Waals surface area contributed by atoms with Crippen LogP contribution in [-0.2, 0) is 0 Å². The molecular formula is C13H29NS. The molecule has 0 aliphatic rings. The lowest BCUT2D eigenvalue weighted by atomic mass is 9.78. The lowest BCUT2D eigenvalue weighted by Gasteiger charge is -2.32. The maximum atomic E-state index is 4.29. The summed E-state index contributed by atoms with van der Waals surface area (Å²) in [6.45, 7) is 14.9. The molecular weight excluding hydrogens is 202 g/mol. The van der Waals surface area contributed by atoms with E-state index in [-0.39, 0.29) is 5.54 Å². The van der Waals surface area contributed by atoms with Crippen molar-refractivity contribution in [2.75, 3.05) is 12.3 Å². The quantitative estimate of drug-likeness (QED) is 0.636. The molecule has 0 fully saturated rings. The molecule has 0 amide bonds. The highest BCUT2D eigenvalue weighted by Gasteiger charge is 2.23. The van der Waals surface area contributed by atoms with Gasteiger partial charge in [0.1, 0.15) is 0 Å². The SMILES string of the molecule is CC(C)C(C)(C)CCNC(C)(C)CCS. The van der Waals surface area contributed by atoms with Gasteiger partial charge in [0, 0.05) is 5.54 Å². The van der Waals surface area contributed by atoms with E-state index in [0.717, 1.165) is 24.6 Å². The number of nitrogens with one attached hydrogen (secondary N) is 1. The highest BCUT2D eigenvalue weighted by molar-refractivity contribution is 7.80. The van der Waals surface area contributed by atoms with Gasteiger partial charge in [-0.25, -0.2) is 0 Å². The first kappa shape index (κ1) is 15.3. The Morgan fingerprint density at radius 1 is 1.07 bits per heavy atom. The maximum absolute atomic E-state index is 4.29. The normalized spacial score (nSPS) is 13.6. The lowest BCUT2D eigenvalue weighted by molar-refractivity contribution is 0.215. The summed E-state index contributed by atoms with van der Waals surface area (Å²) in [5.41, 5.74) is 0.666. The number of hydrogen-bond acceptors (Lipinski definition) is 2. The monoisotopic (exact) mass is 231 g/mol. The number of rotatable bonds is 7. The van der Waals surface area contributed by atoms with Gasteiger partial charge in [-0.15, -0.1) is 0 Å². The Bertz CT molecular complexity index is 173. The van der Waals surface area contributed by atoms with E-state index in [1.54, 1.807) is 0 Å². The van der Waals surface area contributed by atoms with Gasteiger partial charge in [-0.1, -0.05) is 27.7 Å².